The Morgan fingerprint density at radius 2 is 1.67 bits per heavy atom. The topological polar surface area (TPSA) is 140 Å². The molecule has 0 fully saturated rings. The Kier molecular flexibility index (Phi) is 9.43. The lowest BCUT2D eigenvalue weighted by Crippen LogP contribution is -2.31. The monoisotopic (exact) mass is 540 g/mol. The molecule has 0 saturated heterocycles. The number of benzene rings is 1. The van der Waals surface area contributed by atoms with E-state index in [1.807, 2.05) is 0 Å². The molecule has 0 aliphatic carbocycles. The molecule has 1 N–H and O–H groups in total. The Morgan fingerprint density at radius 1 is 1.03 bits per heavy atom. The predicted octanol–water partition coefficient (Wildman–Crippen LogP) is 2.82. The lowest BCUT2D eigenvalue weighted by Gasteiger charge is -2.21. The molecule has 0 spiro atoms. The first kappa shape index (κ1) is 27.6. The number of rotatable bonds is 13. The van der Waals surface area contributed by atoms with Crippen LogP contribution in [0.5, 0.6) is 11.5 Å². The summed E-state index contributed by atoms with van der Waals surface area (Å²) in [7, 11) is 0.574. The summed E-state index contributed by atoms with van der Waals surface area (Å²) in [5.41, 5.74) is 0.414. The molecule has 14 heteroatoms. The van der Waals surface area contributed by atoms with E-state index in [1.165, 1.54) is 31.2 Å². The Bertz CT molecular complexity index is 1230. The summed E-state index contributed by atoms with van der Waals surface area (Å²) >= 11 is 5.86. The minimum atomic E-state index is -3.99. The summed E-state index contributed by atoms with van der Waals surface area (Å²) in [6.45, 7) is 4.00. The predicted molar refractivity (Wildman–Crippen MR) is 133 cm³/mol. The number of anilines is 1. The summed E-state index contributed by atoms with van der Waals surface area (Å²) in [5, 5.41) is 7.71. The molecule has 0 bridgehead atoms. The highest BCUT2D eigenvalue weighted by Crippen LogP contribution is 2.36. The van der Waals surface area contributed by atoms with Crippen molar-refractivity contribution in [2.24, 2.45) is 0 Å². The normalized spacial score (nSPS) is 13.3. The van der Waals surface area contributed by atoms with Gasteiger partial charge >= 0.3 is 0 Å². The van der Waals surface area contributed by atoms with Gasteiger partial charge in [-0.25, -0.2) is 18.4 Å². The van der Waals surface area contributed by atoms with Gasteiger partial charge < -0.3 is 18.9 Å². The fourth-order valence-corrected chi connectivity index (χ4v) is 4.65. The number of methoxy groups -OCH3 is 3. The van der Waals surface area contributed by atoms with Crippen molar-refractivity contribution in [3.05, 3.63) is 47.3 Å². The number of halogens is 1. The van der Waals surface area contributed by atoms with Gasteiger partial charge in [-0.3, -0.25) is 9.29 Å². The van der Waals surface area contributed by atoms with Gasteiger partial charge in [0, 0.05) is 25.4 Å². The number of ether oxygens (including phenoxy) is 4. The molecule has 0 saturated carbocycles. The Hall–Kier alpha value is -3.00. The first-order valence-electron chi connectivity index (χ1n) is 10.9. The number of hydrogen-bond donors (Lipinski definition) is 1. The second-order valence-corrected chi connectivity index (χ2v) is 10.2. The molecule has 2 unspecified atom stereocenters. The van der Waals surface area contributed by atoms with Gasteiger partial charge in [0.2, 0.25) is 16.0 Å². The highest BCUT2D eigenvalue weighted by atomic mass is 35.5. The second kappa shape index (κ2) is 12.3. The van der Waals surface area contributed by atoms with Crippen LogP contribution in [0, 0.1) is 0 Å². The second-order valence-electron chi connectivity index (χ2n) is 7.73. The maximum absolute atomic E-state index is 13.4. The van der Waals surface area contributed by atoms with E-state index in [2.05, 4.69) is 24.9 Å². The number of nitrogens with zero attached hydrogens (tertiary/aromatic N) is 5. The van der Waals surface area contributed by atoms with E-state index in [1.54, 1.807) is 39.2 Å². The number of aromatic nitrogens is 5. The van der Waals surface area contributed by atoms with Gasteiger partial charge in [-0.05, 0) is 19.1 Å². The first-order valence-corrected chi connectivity index (χ1v) is 12.9. The van der Waals surface area contributed by atoms with Crippen LogP contribution in [0.15, 0.2) is 30.6 Å². The van der Waals surface area contributed by atoms with E-state index >= 15 is 0 Å². The van der Waals surface area contributed by atoms with Gasteiger partial charge in [0.1, 0.15) is 29.6 Å². The zero-order valence-corrected chi connectivity index (χ0v) is 22.2. The lowest BCUT2D eigenvalue weighted by molar-refractivity contribution is 0.0580. The molecule has 2 heterocycles. The summed E-state index contributed by atoms with van der Waals surface area (Å²) in [4.78, 5) is 8.31. The summed E-state index contributed by atoms with van der Waals surface area (Å²) in [6, 6.07) is 5.18. The maximum atomic E-state index is 13.4. The van der Waals surface area contributed by atoms with Crippen LogP contribution in [-0.2, 0) is 26.1 Å². The van der Waals surface area contributed by atoms with Crippen molar-refractivity contribution in [3.8, 4) is 17.2 Å². The van der Waals surface area contributed by atoms with Gasteiger partial charge in [0.15, 0.2) is 5.82 Å². The standard InChI is InChI=1S/C22H29ClN6O6S/c1-14(21-24-11-16(23)12-25-21)15(2)36(30,31)28-22-27-26-19(13-35-10-9-32-3)29(22)20-17(33-4)7-6-8-18(20)34-5/h6-8,11-12,14-15H,9-10,13H2,1-5H3,(H,27,28). The quantitative estimate of drug-likeness (QED) is 0.322. The minimum Gasteiger partial charge on any atom is -0.494 e. The van der Waals surface area contributed by atoms with E-state index in [4.69, 9.17) is 30.5 Å². The molecule has 12 nitrogen and oxygen atoms in total. The number of sulfonamides is 1. The van der Waals surface area contributed by atoms with Crippen LogP contribution in [0.3, 0.4) is 0 Å². The Morgan fingerprint density at radius 3 is 2.25 bits per heavy atom. The van der Waals surface area contributed by atoms with Crippen LogP contribution in [0.1, 0.15) is 31.4 Å². The van der Waals surface area contributed by atoms with Crippen LogP contribution in [0.25, 0.3) is 5.69 Å². The molecule has 2 aromatic heterocycles. The summed E-state index contributed by atoms with van der Waals surface area (Å²) < 4.78 is 52.6. The summed E-state index contributed by atoms with van der Waals surface area (Å²) in [5.74, 6) is 0.908. The first-order chi connectivity index (χ1) is 17.2. The highest BCUT2D eigenvalue weighted by Gasteiger charge is 2.32. The average Bonchev–Trinajstić information content (AvgIpc) is 3.26. The third-order valence-corrected chi connectivity index (χ3v) is 7.54. The SMILES string of the molecule is COCCOCc1nnc(NS(=O)(=O)C(C)C(C)c2ncc(Cl)cn2)n1-c1c(OC)cccc1OC. The van der Waals surface area contributed by atoms with E-state index in [0.717, 1.165) is 0 Å². The Balaban J connectivity index is 2.01. The molecule has 0 aliphatic rings. The zero-order chi connectivity index (χ0) is 26.3. The Labute approximate surface area is 215 Å². The molecular formula is C22H29ClN6O6S. The van der Waals surface area contributed by atoms with Crippen LogP contribution < -0.4 is 14.2 Å². The summed E-state index contributed by atoms with van der Waals surface area (Å²) in [6.07, 6.45) is 2.85. The van der Waals surface area contributed by atoms with Crippen molar-refractivity contribution in [2.75, 3.05) is 39.3 Å². The van der Waals surface area contributed by atoms with Crippen molar-refractivity contribution >= 4 is 27.6 Å². The molecule has 3 rings (SSSR count). The fourth-order valence-electron chi connectivity index (χ4n) is 3.33. The van der Waals surface area contributed by atoms with Crippen LogP contribution >= 0.6 is 11.6 Å². The molecule has 1 aromatic carbocycles. The number of para-hydroxylation sites is 1. The average molecular weight is 541 g/mol. The van der Waals surface area contributed by atoms with Crippen LogP contribution in [-0.4, -0.2) is 72.9 Å². The molecule has 3 aromatic rings. The van der Waals surface area contributed by atoms with E-state index in [9.17, 15) is 8.42 Å². The van der Waals surface area contributed by atoms with Crippen LogP contribution in [0.4, 0.5) is 5.95 Å². The smallest absolute Gasteiger partial charge is 0.243 e. The fraction of sp³-hybridized carbons (Fsp3) is 0.455. The van der Waals surface area contributed by atoms with Crippen molar-refractivity contribution in [2.45, 2.75) is 31.6 Å². The molecular weight excluding hydrogens is 512 g/mol. The van der Waals surface area contributed by atoms with Crippen molar-refractivity contribution < 1.29 is 27.4 Å². The largest absolute Gasteiger partial charge is 0.494 e. The van der Waals surface area contributed by atoms with Crippen molar-refractivity contribution in [1.29, 1.82) is 0 Å². The van der Waals surface area contributed by atoms with E-state index < -0.39 is 21.2 Å². The molecule has 0 amide bonds. The highest BCUT2D eigenvalue weighted by molar-refractivity contribution is 7.93. The van der Waals surface area contributed by atoms with E-state index in [-0.39, 0.29) is 12.6 Å². The van der Waals surface area contributed by atoms with E-state index in [0.29, 0.717) is 47.1 Å². The van der Waals surface area contributed by atoms with Gasteiger partial charge in [-0.1, -0.05) is 24.6 Å². The van der Waals surface area contributed by atoms with Gasteiger partial charge in [-0.15, -0.1) is 10.2 Å². The number of hydrogen-bond acceptors (Lipinski definition) is 10. The molecule has 0 radical (unpaired) electrons. The zero-order valence-electron chi connectivity index (χ0n) is 20.6. The molecule has 2 atom stereocenters. The number of nitrogens with one attached hydrogen (secondary N) is 1. The van der Waals surface area contributed by atoms with Gasteiger partial charge in [0.05, 0.1) is 37.7 Å². The molecule has 196 valence electrons. The molecule has 36 heavy (non-hydrogen) atoms. The minimum absolute atomic E-state index is 0.0316. The lowest BCUT2D eigenvalue weighted by atomic mass is 10.1. The van der Waals surface area contributed by atoms with Gasteiger partial charge in [0.25, 0.3) is 0 Å². The third-order valence-electron chi connectivity index (χ3n) is 5.49. The molecule has 0 aliphatic heterocycles. The third kappa shape index (κ3) is 6.22. The van der Waals surface area contributed by atoms with Gasteiger partial charge in [-0.2, -0.15) is 0 Å². The maximum Gasteiger partial charge on any atom is 0.243 e. The van der Waals surface area contributed by atoms with Crippen molar-refractivity contribution in [1.82, 2.24) is 24.7 Å². The van der Waals surface area contributed by atoms with Crippen molar-refractivity contribution in [3.63, 3.8) is 0 Å². The van der Waals surface area contributed by atoms with Crippen LogP contribution in [0.2, 0.25) is 5.02 Å².